The van der Waals surface area contributed by atoms with Crippen molar-refractivity contribution in [1.29, 1.82) is 0 Å². The van der Waals surface area contributed by atoms with E-state index in [0.717, 1.165) is 12.8 Å². The molecule has 2 aromatic rings. The number of hydrogen-bond acceptors (Lipinski definition) is 4. The number of nitrogens with one attached hydrogen (secondary N) is 1. The van der Waals surface area contributed by atoms with E-state index in [0.29, 0.717) is 55.2 Å². The molecule has 27 heavy (non-hydrogen) atoms. The molecule has 1 unspecified atom stereocenters. The lowest BCUT2D eigenvalue weighted by Gasteiger charge is -2.08. The van der Waals surface area contributed by atoms with Gasteiger partial charge in [0.2, 0.25) is 12.2 Å². The number of ketones is 1. The molecule has 0 bridgehead atoms. The van der Waals surface area contributed by atoms with Crippen LogP contribution in [0.4, 0.5) is 0 Å². The van der Waals surface area contributed by atoms with Crippen LogP contribution in [0.1, 0.15) is 46.9 Å². The fraction of sp³-hybridized carbons (Fsp3) is 0.350. The van der Waals surface area contributed by atoms with Gasteiger partial charge in [-0.1, -0.05) is 0 Å². The van der Waals surface area contributed by atoms with Crippen LogP contribution in [-0.2, 0) is 16.1 Å². The molecule has 2 N–H and O–H groups in total. The minimum absolute atomic E-state index is 0.126. The second-order valence-corrected chi connectivity index (χ2v) is 6.46. The number of hydrogen-bond donors (Lipinski definition) is 2. The number of benzene rings is 1. The first-order chi connectivity index (χ1) is 13.1. The number of nitrogens with zero attached hydrogens (tertiary/aromatic N) is 1. The molecule has 7 heteroatoms. The highest BCUT2D eigenvalue weighted by Gasteiger charge is 2.31. The van der Waals surface area contributed by atoms with Crippen LogP contribution in [0.5, 0.6) is 5.75 Å². The molecule has 2 heterocycles. The van der Waals surface area contributed by atoms with E-state index in [4.69, 9.17) is 4.74 Å². The van der Waals surface area contributed by atoms with Crippen molar-refractivity contribution in [2.24, 2.45) is 0 Å². The predicted octanol–water partition coefficient (Wildman–Crippen LogP) is 2.20. The first-order valence-electron chi connectivity index (χ1n) is 8.98. The van der Waals surface area contributed by atoms with E-state index < -0.39 is 11.9 Å². The zero-order chi connectivity index (χ0) is 19.2. The molecule has 1 aromatic carbocycles. The Morgan fingerprint density at radius 1 is 1.19 bits per heavy atom. The first kappa shape index (κ1) is 18.7. The molecule has 1 amide bonds. The smallest absolute Gasteiger partial charge is 0.312 e. The largest absolute Gasteiger partial charge is 0.494 e. The number of amides is 1. The first-order valence-corrected chi connectivity index (χ1v) is 8.98. The molecular weight excluding hydrogens is 348 g/mol. The third-order valence-electron chi connectivity index (χ3n) is 4.73. The number of carbonyl (C=O) groups is 3. The minimum atomic E-state index is -0.853. The van der Waals surface area contributed by atoms with E-state index in [2.05, 4.69) is 5.32 Å². The Kier molecular flexibility index (Phi) is 5.90. The van der Waals surface area contributed by atoms with Crippen LogP contribution >= 0.6 is 0 Å². The van der Waals surface area contributed by atoms with Crippen molar-refractivity contribution >= 4 is 18.2 Å². The molecule has 0 fully saturated rings. The van der Waals surface area contributed by atoms with Crippen LogP contribution in [-0.4, -0.2) is 41.0 Å². The maximum Gasteiger partial charge on any atom is 0.312 e. The van der Waals surface area contributed by atoms with E-state index in [1.54, 1.807) is 41.0 Å². The topological polar surface area (TPSA) is 97.6 Å². The van der Waals surface area contributed by atoms with Gasteiger partial charge >= 0.3 is 5.97 Å². The van der Waals surface area contributed by atoms with Crippen molar-refractivity contribution in [1.82, 2.24) is 9.88 Å². The molecular formula is C20H22N2O5. The summed E-state index contributed by atoms with van der Waals surface area (Å²) >= 11 is 0. The molecule has 1 atom stereocenters. The molecule has 142 valence electrons. The molecule has 7 nitrogen and oxygen atoms in total. The Bertz CT molecular complexity index is 825. The third kappa shape index (κ3) is 4.19. The fourth-order valence-electron chi connectivity index (χ4n) is 3.32. The molecule has 1 aliphatic rings. The van der Waals surface area contributed by atoms with E-state index in [1.807, 2.05) is 0 Å². The van der Waals surface area contributed by atoms with Gasteiger partial charge in [0.25, 0.3) is 0 Å². The highest BCUT2D eigenvalue weighted by Crippen LogP contribution is 2.31. The predicted molar refractivity (Wildman–Crippen MR) is 98.1 cm³/mol. The number of carbonyl (C=O) groups excluding carboxylic acids is 2. The number of carboxylic acids is 1. The number of unbranched alkanes of at least 4 members (excludes halogenated alkanes) is 1. The van der Waals surface area contributed by atoms with Gasteiger partial charge in [0.1, 0.15) is 5.75 Å². The minimum Gasteiger partial charge on any atom is -0.494 e. The summed E-state index contributed by atoms with van der Waals surface area (Å²) in [6, 6.07) is 10.4. The molecule has 0 aliphatic carbocycles. The van der Waals surface area contributed by atoms with Crippen molar-refractivity contribution in [3.05, 3.63) is 53.3 Å². The summed E-state index contributed by atoms with van der Waals surface area (Å²) in [5.41, 5.74) is 1.75. The van der Waals surface area contributed by atoms with Gasteiger partial charge < -0.3 is 19.7 Å². The molecule has 0 saturated carbocycles. The number of aromatic nitrogens is 1. The second kappa shape index (κ2) is 8.53. The maximum absolute atomic E-state index is 12.8. The quantitative estimate of drug-likeness (QED) is 0.380. The van der Waals surface area contributed by atoms with Gasteiger partial charge in [-0.2, -0.15) is 0 Å². The van der Waals surface area contributed by atoms with Gasteiger partial charge in [-0.25, -0.2) is 0 Å². The molecule has 0 spiro atoms. The standard InChI is InChI=1S/C20H22N2O5/c23-13-21-10-1-2-12-27-15-5-3-14(4-6-15)19(24)18-8-7-17-16(20(25)26)9-11-22(17)18/h3-8,13,16H,1-2,9-12H2,(H,21,23)(H,25,26). The van der Waals surface area contributed by atoms with Gasteiger partial charge in [0, 0.05) is 24.3 Å². The van der Waals surface area contributed by atoms with Gasteiger partial charge in [-0.15, -0.1) is 0 Å². The molecule has 0 saturated heterocycles. The number of carboxylic acid groups (broad SMARTS) is 1. The number of ether oxygens (including phenoxy) is 1. The summed E-state index contributed by atoms with van der Waals surface area (Å²) in [5, 5.41) is 11.9. The number of rotatable bonds is 10. The van der Waals surface area contributed by atoms with E-state index >= 15 is 0 Å². The zero-order valence-corrected chi connectivity index (χ0v) is 14.9. The lowest BCUT2D eigenvalue weighted by atomic mass is 10.1. The number of aliphatic carboxylic acids is 1. The molecule has 3 rings (SSSR count). The molecule has 1 aromatic heterocycles. The van der Waals surface area contributed by atoms with Crippen LogP contribution in [0.3, 0.4) is 0 Å². The SMILES string of the molecule is O=CNCCCCOc1ccc(C(=O)c2ccc3n2CCC3C(=O)O)cc1. The fourth-order valence-corrected chi connectivity index (χ4v) is 3.32. The van der Waals surface area contributed by atoms with Crippen LogP contribution < -0.4 is 10.1 Å². The Hall–Kier alpha value is -3.09. The molecule has 1 aliphatic heterocycles. The van der Waals surface area contributed by atoms with Crippen LogP contribution in [0.2, 0.25) is 0 Å². The Morgan fingerprint density at radius 2 is 1.96 bits per heavy atom. The van der Waals surface area contributed by atoms with Crippen LogP contribution in [0.25, 0.3) is 0 Å². The van der Waals surface area contributed by atoms with Crippen molar-refractivity contribution in [2.45, 2.75) is 31.7 Å². The van der Waals surface area contributed by atoms with Crippen molar-refractivity contribution in [3.8, 4) is 5.75 Å². The highest BCUT2D eigenvalue weighted by atomic mass is 16.5. The van der Waals surface area contributed by atoms with Crippen LogP contribution in [0.15, 0.2) is 36.4 Å². The average Bonchev–Trinajstić information content (AvgIpc) is 3.26. The highest BCUT2D eigenvalue weighted by molar-refractivity contribution is 6.08. The summed E-state index contributed by atoms with van der Waals surface area (Å²) in [6.45, 7) is 1.71. The zero-order valence-electron chi connectivity index (χ0n) is 14.9. The summed E-state index contributed by atoms with van der Waals surface area (Å²) in [4.78, 5) is 34.2. The van der Waals surface area contributed by atoms with Crippen molar-refractivity contribution < 1.29 is 24.2 Å². The maximum atomic E-state index is 12.8. The van der Waals surface area contributed by atoms with Crippen molar-refractivity contribution in [2.75, 3.05) is 13.2 Å². The summed E-state index contributed by atoms with van der Waals surface area (Å²) < 4.78 is 7.43. The van der Waals surface area contributed by atoms with Gasteiger partial charge in [0.05, 0.1) is 18.2 Å². The normalized spacial score (nSPS) is 15.2. The van der Waals surface area contributed by atoms with Gasteiger partial charge in [0.15, 0.2) is 0 Å². The lowest BCUT2D eigenvalue weighted by molar-refractivity contribution is -0.138. The van der Waals surface area contributed by atoms with E-state index in [1.165, 1.54) is 0 Å². The number of fused-ring (bicyclic) bond motifs is 1. The van der Waals surface area contributed by atoms with Gasteiger partial charge in [-0.05, 0) is 55.7 Å². The monoisotopic (exact) mass is 370 g/mol. The summed E-state index contributed by atoms with van der Waals surface area (Å²) in [7, 11) is 0. The summed E-state index contributed by atoms with van der Waals surface area (Å²) in [5.74, 6) is -0.835. The molecule has 0 radical (unpaired) electrons. The van der Waals surface area contributed by atoms with Crippen LogP contribution in [0, 0.1) is 0 Å². The van der Waals surface area contributed by atoms with Crippen molar-refractivity contribution in [3.63, 3.8) is 0 Å². The van der Waals surface area contributed by atoms with E-state index in [-0.39, 0.29) is 5.78 Å². The Morgan fingerprint density at radius 3 is 2.67 bits per heavy atom. The Labute approximate surface area is 156 Å². The van der Waals surface area contributed by atoms with E-state index in [9.17, 15) is 19.5 Å². The third-order valence-corrected chi connectivity index (χ3v) is 4.73. The second-order valence-electron chi connectivity index (χ2n) is 6.46. The average molecular weight is 370 g/mol. The lowest BCUT2D eigenvalue weighted by Crippen LogP contribution is -2.13. The summed E-state index contributed by atoms with van der Waals surface area (Å²) in [6.07, 6.45) is 2.86. The Balaban J connectivity index is 1.59. The van der Waals surface area contributed by atoms with Gasteiger partial charge in [-0.3, -0.25) is 14.4 Å².